The Morgan fingerprint density at radius 1 is 1.21 bits per heavy atom. The van der Waals surface area contributed by atoms with Crippen LogP contribution in [0, 0.1) is 25.5 Å². The van der Waals surface area contributed by atoms with Gasteiger partial charge < -0.3 is 4.42 Å². The Hall–Kier alpha value is -1.72. The van der Waals surface area contributed by atoms with E-state index >= 15 is 0 Å². The smallest absolute Gasteiger partial charge is 0.159 e. The van der Waals surface area contributed by atoms with Gasteiger partial charge in [-0.05, 0) is 44.0 Å². The van der Waals surface area contributed by atoms with Gasteiger partial charge >= 0.3 is 0 Å². The molecule has 1 aromatic carbocycles. The Balaban J connectivity index is 2.23. The van der Waals surface area contributed by atoms with Crippen molar-refractivity contribution in [1.82, 2.24) is 5.43 Å². The molecule has 1 atom stereocenters. The number of halogens is 2. The van der Waals surface area contributed by atoms with Crippen LogP contribution in [0.2, 0.25) is 0 Å². The van der Waals surface area contributed by atoms with E-state index in [1.54, 1.807) is 6.07 Å². The fraction of sp³-hybridized carbons (Fsp3) is 0.286. The molecule has 2 aromatic rings. The molecule has 3 nitrogen and oxygen atoms in total. The maximum absolute atomic E-state index is 13.2. The molecule has 0 spiro atoms. The van der Waals surface area contributed by atoms with Crippen molar-refractivity contribution < 1.29 is 13.2 Å². The van der Waals surface area contributed by atoms with Crippen molar-refractivity contribution in [1.29, 1.82) is 0 Å². The Morgan fingerprint density at radius 2 is 1.95 bits per heavy atom. The highest BCUT2D eigenvalue weighted by Gasteiger charge is 2.17. The van der Waals surface area contributed by atoms with Gasteiger partial charge in [-0.1, -0.05) is 6.07 Å². The molecule has 0 saturated heterocycles. The number of hydrogen-bond donors (Lipinski definition) is 2. The van der Waals surface area contributed by atoms with Crippen LogP contribution in [0.1, 0.15) is 28.7 Å². The third-order valence-electron chi connectivity index (χ3n) is 3.08. The molecule has 0 radical (unpaired) electrons. The Bertz CT molecular complexity index is 581. The summed E-state index contributed by atoms with van der Waals surface area (Å²) in [7, 11) is 0. The summed E-state index contributed by atoms with van der Waals surface area (Å²) in [6.45, 7) is 3.69. The largest absolute Gasteiger partial charge is 0.466 e. The van der Waals surface area contributed by atoms with Gasteiger partial charge in [0.1, 0.15) is 11.5 Å². The van der Waals surface area contributed by atoms with Crippen molar-refractivity contribution in [2.24, 2.45) is 5.84 Å². The first-order valence-corrected chi connectivity index (χ1v) is 5.98. The first kappa shape index (κ1) is 13.7. The minimum absolute atomic E-state index is 0.206. The molecule has 19 heavy (non-hydrogen) atoms. The highest BCUT2D eigenvalue weighted by molar-refractivity contribution is 5.27. The fourth-order valence-corrected chi connectivity index (χ4v) is 2.16. The summed E-state index contributed by atoms with van der Waals surface area (Å²) in [4.78, 5) is 0. The third kappa shape index (κ3) is 3.00. The molecule has 0 bridgehead atoms. The monoisotopic (exact) mass is 266 g/mol. The second-order valence-electron chi connectivity index (χ2n) is 4.54. The normalized spacial score (nSPS) is 12.7. The summed E-state index contributed by atoms with van der Waals surface area (Å²) in [5, 5.41) is 0. The lowest BCUT2D eigenvalue weighted by Gasteiger charge is -2.15. The van der Waals surface area contributed by atoms with Crippen LogP contribution in [-0.2, 0) is 6.42 Å². The van der Waals surface area contributed by atoms with E-state index in [4.69, 9.17) is 10.3 Å². The van der Waals surface area contributed by atoms with Crippen LogP contribution >= 0.6 is 0 Å². The van der Waals surface area contributed by atoms with E-state index in [0.717, 1.165) is 23.2 Å². The van der Waals surface area contributed by atoms with Crippen LogP contribution in [0.5, 0.6) is 0 Å². The van der Waals surface area contributed by atoms with E-state index in [2.05, 4.69) is 5.43 Å². The second-order valence-corrected chi connectivity index (χ2v) is 4.54. The van der Waals surface area contributed by atoms with Crippen molar-refractivity contribution in [2.45, 2.75) is 26.3 Å². The van der Waals surface area contributed by atoms with E-state index in [-0.39, 0.29) is 6.04 Å². The lowest BCUT2D eigenvalue weighted by Crippen LogP contribution is -2.29. The van der Waals surface area contributed by atoms with Gasteiger partial charge in [0.25, 0.3) is 0 Å². The quantitative estimate of drug-likeness (QED) is 0.661. The van der Waals surface area contributed by atoms with E-state index < -0.39 is 11.6 Å². The first-order valence-electron chi connectivity index (χ1n) is 5.98. The van der Waals surface area contributed by atoms with Crippen LogP contribution in [0.4, 0.5) is 8.78 Å². The third-order valence-corrected chi connectivity index (χ3v) is 3.08. The minimum atomic E-state index is -0.853. The van der Waals surface area contributed by atoms with E-state index in [1.165, 1.54) is 6.07 Å². The summed E-state index contributed by atoms with van der Waals surface area (Å²) >= 11 is 0. The molecule has 0 amide bonds. The molecule has 1 unspecified atom stereocenters. The zero-order valence-corrected chi connectivity index (χ0v) is 10.8. The summed E-state index contributed by atoms with van der Waals surface area (Å²) in [5.41, 5.74) is 4.27. The van der Waals surface area contributed by atoms with Crippen LogP contribution in [0.3, 0.4) is 0 Å². The predicted molar refractivity (Wildman–Crippen MR) is 68.3 cm³/mol. The number of aryl methyl sites for hydroxylation is 2. The van der Waals surface area contributed by atoms with Gasteiger partial charge in [0.15, 0.2) is 11.6 Å². The number of nitrogens with one attached hydrogen (secondary N) is 1. The van der Waals surface area contributed by atoms with Gasteiger partial charge in [0.05, 0.1) is 6.04 Å². The van der Waals surface area contributed by atoms with Gasteiger partial charge in [-0.15, -0.1) is 0 Å². The van der Waals surface area contributed by atoms with Crippen molar-refractivity contribution in [2.75, 3.05) is 0 Å². The molecule has 102 valence electrons. The summed E-state index contributed by atoms with van der Waals surface area (Å²) < 4.78 is 31.5. The second kappa shape index (κ2) is 5.50. The lowest BCUT2D eigenvalue weighted by molar-refractivity contribution is 0.482. The van der Waals surface area contributed by atoms with Crippen LogP contribution in [-0.4, -0.2) is 0 Å². The highest BCUT2D eigenvalue weighted by Crippen LogP contribution is 2.24. The molecule has 0 aliphatic carbocycles. The highest BCUT2D eigenvalue weighted by atomic mass is 19.2. The fourth-order valence-electron chi connectivity index (χ4n) is 2.16. The number of benzene rings is 1. The van der Waals surface area contributed by atoms with Gasteiger partial charge in [0.2, 0.25) is 0 Å². The average molecular weight is 266 g/mol. The zero-order chi connectivity index (χ0) is 14.0. The van der Waals surface area contributed by atoms with E-state index in [1.807, 2.05) is 19.9 Å². The number of nitrogens with two attached hydrogens (primary N) is 1. The number of furan rings is 1. The van der Waals surface area contributed by atoms with Crippen LogP contribution < -0.4 is 11.3 Å². The van der Waals surface area contributed by atoms with Crippen molar-refractivity contribution in [3.8, 4) is 0 Å². The van der Waals surface area contributed by atoms with Crippen LogP contribution in [0.25, 0.3) is 0 Å². The number of hydrogen-bond acceptors (Lipinski definition) is 3. The van der Waals surface area contributed by atoms with Gasteiger partial charge in [-0.2, -0.15) is 0 Å². The van der Waals surface area contributed by atoms with Gasteiger partial charge in [-0.3, -0.25) is 11.3 Å². The van der Waals surface area contributed by atoms with Crippen molar-refractivity contribution in [3.63, 3.8) is 0 Å². The molecule has 1 aromatic heterocycles. The van der Waals surface area contributed by atoms with E-state index in [0.29, 0.717) is 12.0 Å². The SMILES string of the molecule is Cc1cc(C(Cc2ccc(F)c(F)c2)NN)c(C)o1. The van der Waals surface area contributed by atoms with Gasteiger partial charge in [-0.25, -0.2) is 8.78 Å². The number of hydrazine groups is 1. The molecule has 5 heteroatoms. The molecule has 0 aliphatic rings. The lowest BCUT2D eigenvalue weighted by atomic mass is 9.99. The van der Waals surface area contributed by atoms with Crippen molar-refractivity contribution >= 4 is 0 Å². The molecule has 1 heterocycles. The predicted octanol–water partition coefficient (Wildman–Crippen LogP) is 2.92. The molecular formula is C14H16F2N2O. The zero-order valence-electron chi connectivity index (χ0n) is 10.8. The molecule has 0 saturated carbocycles. The average Bonchev–Trinajstić information content (AvgIpc) is 2.70. The Morgan fingerprint density at radius 3 is 2.47 bits per heavy atom. The summed E-state index contributed by atoms with van der Waals surface area (Å²) in [5.74, 6) is 5.39. The van der Waals surface area contributed by atoms with E-state index in [9.17, 15) is 8.78 Å². The molecule has 3 N–H and O–H groups in total. The number of rotatable bonds is 4. The Kier molecular flexibility index (Phi) is 3.97. The molecular weight excluding hydrogens is 250 g/mol. The minimum Gasteiger partial charge on any atom is -0.466 e. The van der Waals surface area contributed by atoms with Crippen molar-refractivity contribution in [3.05, 3.63) is 58.5 Å². The van der Waals surface area contributed by atoms with Gasteiger partial charge in [0, 0.05) is 5.56 Å². The summed E-state index contributed by atoms with van der Waals surface area (Å²) in [6.07, 6.45) is 0.452. The topological polar surface area (TPSA) is 51.2 Å². The maximum Gasteiger partial charge on any atom is 0.159 e. The Labute approximate surface area is 110 Å². The maximum atomic E-state index is 13.2. The first-order chi connectivity index (χ1) is 9.01. The standard InChI is InChI=1S/C14H16F2N2O/c1-8-5-11(9(2)19-8)14(18-17)7-10-3-4-12(15)13(16)6-10/h3-6,14,18H,7,17H2,1-2H3. The molecule has 2 rings (SSSR count). The molecule has 0 aliphatic heterocycles. The summed E-state index contributed by atoms with van der Waals surface area (Å²) in [6, 6.07) is 5.53. The molecule has 0 fully saturated rings. The van der Waals surface area contributed by atoms with Crippen LogP contribution in [0.15, 0.2) is 28.7 Å².